The summed E-state index contributed by atoms with van der Waals surface area (Å²) in [5, 5.41) is 10.1. The van der Waals surface area contributed by atoms with Crippen molar-refractivity contribution in [2.75, 3.05) is 0 Å². The first kappa shape index (κ1) is 35.2. The molecule has 0 aliphatic carbocycles. The molecule has 12 aromatic rings. The molecule has 0 aliphatic heterocycles. The largest absolute Gasteiger partial charge is 0.228 e. The Labute approximate surface area is 357 Å². The lowest BCUT2D eigenvalue weighted by Gasteiger charge is -2.15. The number of hydrogen-bond acceptors (Lipinski definition) is 3. The molecule has 61 heavy (non-hydrogen) atoms. The highest BCUT2D eigenvalue weighted by Gasteiger charge is 2.17. The average molecular weight is 793 g/mol. The molecule has 0 saturated heterocycles. The number of benzene rings is 10. The van der Waals surface area contributed by atoms with Gasteiger partial charge in [0.2, 0.25) is 0 Å². The van der Waals surface area contributed by atoms with Gasteiger partial charge >= 0.3 is 0 Å². The second-order valence-electron chi connectivity index (χ2n) is 15.7. The van der Waals surface area contributed by atoms with E-state index in [2.05, 4.69) is 218 Å². The van der Waals surface area contributed by atoms with Gasteiger partial charge < -0.3 is 0 Å². The number of fused-ring (bicyclic) bond motifs is 7. The summed E-state index contributed by atoms with van der Waals surface area (Å²) in [5.74, 6) is 0.689. The molecule has 0 N–H and O–H groups in total. The van der Waals surface area contributed by atoms with Gasteiger partial charge in [-0.2, -0.15) is 0 Å². The molecule has 0 atom stereocenters. The van der Waals surface area contributed by atoms with Crippen LogP contribution in [0.15, 0.2) is 218 Å². The third kappa shape index (κ3) is 6.09. The van der Waals surface area contributed by atoms with Gasteiger partial charge in [-0.25, -0.2) is 9.97 Å². The van der Waals surface area contributed by atoms with E-state index in [0.717, 1.165) is 44.8 Å². The molecular weight excluding hydrogens is 757 g/mol. The molecule has 0 fully saturated rings. The van der Waals surface area contributed by atoms with Gasteiger partial charge in [-0.15, -0.1) is 11.3 Å². The van der Waals surface area contributed by atoms with E-state index in [-0.39, 0.29) is 0 Å². The van der Waals surface area contributed by atoms with Gasteiger partial charge in [-0.1, -0.05) is 194 Å². The van der Waals surface area contributed by atoms with Crippen LogP contribution in [-0.4, -0.2) is 9.97 Å². The van der Waals surface area contributed by atoms with Crippen LogP contribution in [0.4, 0.5) is 0 Å². The third-order valence-corrected chi connectivity index (χ3v) is 13.2. The first-order valence-corrected chi connectivity index (χ1v) is 21.5. The normalized spacial score (nSPS) is 11.6. The van der Waals surface area contributed by atoms with E-state index >= 15 is 0 Å². The van der Waals surface area contributed by atoms with Gasteiger partial charge in [-0.3, -0.25) is 0 Å². The molecule has 0 unspecified atom stereocenters. The summed E-state index contributed by atoms with van der Waals surface area (Å²) in [6.07, 6.45) is 0. The standard InChI is InChI=1S/C58H36N2S/c1-2-13-37(14-3-1)44-17-8-9-20-48(44)53-36-52(40-27-25-39(26-28-40)46-22-12-24-55-57(46)50-21-10-11-23-54(50)61-55)59-58(60-53)42-31-29-41(30-32-42)56-47-19-7-5-16-43(47)35-51-45-18-6-4-15-38(45)33-34-49(51)56/h1-36H. The number of aromatic nitrogens is 2. The third-order valence-electron chi connectivity index (χ3n) is 12.1. The monoisotopic (exact) mass is 792 g/mol. The topological polar surface area (TPSA) is 25.8 Å². The Kier molecular flexibility index (Phi) is 8.39. The van der Waals surface area contributed by atoms with Crippen molar-refractivity contribution in [2.45, 2.75) is 0 Å². The summed E-state index contributed by atoms with van der Waals surface area (Å²) in [7, 11) is 0. The Morgan fingerprint density at radius 1 is 0.295 bits per heavy atom. The van der Waals surface area contributed by atoms with E-state index in [9.17, 15) is 0 Å². The van der Waals surface area contributed by atoms with Crippen LogP contribution in [0.2, 0.25) is 0 Å². The predicted molar refractivity (Wildman–Crippen MR) is 260 cm³/mol. The minimum absolute atomic E-state index is 0.689. The smallest absolute Gasteiger partial charge is 0.160 e. The van der Waals surface area contributed by atoms with E-state index in [1.807, 2.05) is 11.3 Å². The summed E-state index contributed by atoms with van der Waals surface area (Å²) >= 11 is 1.85. The van der Waals surface area contributed by atoms with Gasteiger partial charge in [0.25, 0.3) is 0 Å². The zero-order chi connectivity index (χ0) is 40.3. The molecule has 12 rings (SSSR count). The zero-order valence-electron chi connectivity index (χ0n) is 33.1. The fourth-order valence-electron chi connectivity index (χ4n) is 9.19. The Morgan fingerprint density at radius 2 is 0.885 bits per heavy atom. The number of thiophene rings is 1. The van der Waals surface area contributed by atoms with E-state index in [4.69, 9.17) is 9.97 Å². The van der Waals surface area contributed by atoms with Crippen LogP contribution in [0, 0.1) is 0 Å². The van der Waals surface area contributed by atoms with E-state index in [1.54, 1.807) is 0 Å². The quantitative estimate of drug-likeness (QED) is 0.124. The summed E-state index contributed by atoms with van der Waals surface area (Å²) in [5.41, 5.74) is 12.0. The highest BCUT2D eigenvalue weighted by atomic mass is 32.1. The Bertz CT molecular complexity index is 3620. The second kappa shape index (κ2) is 14.5. The number of nitrogens with zero attached hydrogens (tertiary/aromatic N) is 2. The Balaban J connectivity index is 1.000. The van der Waals surface area contributed by atoms with Gasteiger partial charge in [-0.05, 0) is 90.0 Å². The van der Waals surface area contributed by atoms with Crippen molar-refractivity contribution in [1.82, 2.24) is 9.97 Å². The number of rotatable bonds is 6. The average Bonchev–Trinajstić information content (AvgIpc) is 3.73. The van der Waals surface area contributed by atoms with Crippen LogP contribution < -0.4 is 0 Å². The molecule has 284 valence electrons. The van der Waals surface area contributed by atoms with Crippen LogP contribution >= 0.6 is 11.3 Å². The van der Waals surface area contributed by atoms with E-state index in [0.29, 0.717) is 5.82 Å². The lowest BCUT2D eigenvalue weighted by molar-refractivity contribution is 1.18. The van der Waals surface area contributed by atoms with E-state index < -0.39 is 0 Å². The van der Waals surface area contributed by atoms with Crippen LogP contribution in [0.3, 0.4) is 0 Å². The minimum Gasteiger partial charge on any atom is -0.228 e. The SMILES string of the molecule is c1ccc(-c2ccccc2-c2cc(-c3ccc(-c4cccc5sc6ccccc6c45)cc3)nc(-c3ccc(-c4c5ccccc5cc5c4ccc4ccccc45)cc3)n2)cc1. The molecule has 0 bridgehead atoms. The van der Waals surface area contributed by atoms with Crippen molar-refractivity contribution in [3.8, 4) is 67.3 Å². The van der Waals surface area contributed by atoms with Crippen molar-refractivity contribution >= 4 is 63.8 Å². The molecule has 0 aliphatic rings. The molecule has 2 aromatic heterocycles. The molecule has 0 spiro atoms. The van der Waals surface area contributed by atoms with Crippen molar-refractivity contribution in [3.63, 3.8) is 0 Å². The van der Waals surface area contributed by atoms with Crippen LogP contribution in [0.1, 0.15) is 0 Å². The molecule has 0 radical (unpaired) electrons. The van der Waals surface area contributed by atoms with Crippen molar-refractivity contribution in [2.24, 2.45) is 0 Å². The zero-order valence-corrected chi connectivity index (χ0v) is 33.9. The Hall–Kier alpha value is -7.72. The molecule has 0 saturated carbocycles. The van der Waals surface area contributed by atoms with Crippen LogP contribution in [0.25, 0.3) is 120 Å². The second-order valence-corrected chi connectivity index (χ2v) is 16.7. The summed E-state index contributed by atoms with van der Waals surface area (Å²) in [6.45, 7) is 0. The maximum Gasteiger partial charge on any atom is 0.160 e. The summed E-state index contributed by atoms with van der Waals surface area (Å²) < 4.78 is 2.61. The lowest BCUT2D eigenvalue weighted by Crippen LogP contribution is -1.97. The minimum atomic E-state index is 0.689. The van der Waals surface area contributed by atoms with Gasteiger partial charge in [0.05, 0.1) is 11.4 Å². The maximum absolute atomic E-state index is 5.33. The fourth-order valence-corrected chi connectivity index (χ4v) is 10.3. The highest BCUT2D eigenvalue weighted by Crippen LogP contribution is 2.42. The van der Waals surface area contributed by atoms with Crippen molar-refractivity contribution < 1.29 is 0 Å². The van der Waals surface area contributed by atoms with Gasteiger partial charge in [0, 0.05) is 36.9 Å². The predicted octanol–water partition coefficient (Wildman–Crippen LogP) is 16.3. The first-order chi connectivity index (χ1) is 30.2. The lowest BCUT2D eigenvalue weighted by atomic mass is 9.89. The fraction of sp³-hybridized carbons (Fsp3) is 0. The number of hydrogen-bond donors (Lipinski definition) is 0. The molecular formula is C58H36N2S. The first-order valence-electron chi connectivity index (χ1n) is 20.7. The molecule has 2 heterocycles. The Morgan fingerprint density at radius 3 is 1.72 bits per heavy atom. The summed E-state index contributed by atoms with van der Waals surface area (Å²) in [4.78, 5) is 10.6. The summed E-state index contributed by atoms with van der Waals surface area (Å²) in [6, 6.07) is 78.6. The van der Waals surface area contributed by atoms with Gasteiger partial charge in [0.1, 0.15) is 0 Å². The molecule has 10 aromatic carbocycles. The molecule has 0 amide bonds. The van der Waals surface area contributed by atoms with Gasteiger partial charge in [0.15, 0.2) is 5.82 Å². The van der Waals surface area contributed by atoms with Crippen LogP contribution in [0.5, 0.6) is 0 Å². The van der Waals surface area contributed by atoms with Crippen LogP contribution in [-0.2, 0) is 0 Å². The highest BCUT2D eigenvalue weighted by molar-refractivity contribution is 7.25. The maximum atomic E-state index is 5.33. The van der Waals surface area contributed by atoms with E-state index in [1.165, 1.54) is 69.2 Å². The molecule has 3 heteroatoms. The molecule has 2 nitrogen and oxygen atoms in total. The van der Waals surface area contributed by atoms with Crippen molar-refractivity contribution in [1.29, 1.82) is 0 Å². The van der Waals surface area contributed by atoms with Crippen molar-refractivity contribution in [3.05, 3.63) is 218 Å².